The average molecular weight is 622 g/mol. The second kappa shape index (κ2) is 20.6. The minimum atomic E-state index is -0.447. The first-order chi connectivity index (χ1) is 21.3. The SMILES string of the molecule is C=C/C(=C\C(=C/C)B(C)CC(N)Cc1ccc(F)cc1)CC.CC.Cc1cncc(OC2CCN(C(=O)OC(C)(C)C)CC2)c1. The van der Waals surface area contributed by atoms with Crippen LogP contribution < -0.4 is 10.5 Å². The highest BCUT2D eigenvalue weighted by Crippen LogP contribution is 2.21. The maximum absolute atomic E-state index is 12.9. The number of likely N-dealkylation sites (tertiary alicyclic amines) is 1. The highest BCUT2D eigenvalue weighted by Gasteiger charge is 2.27. The van der Waals surface area contributed by atoms with Crippen LogP contribution in [0.15, 0.2) is 78.6 Å². The molecule has 8 heteroatoms. The van der Waals surface area contributed by atoms with Gasteiger partial charge in [-0.3, -0.25) is 4.98 Å². The Bertz CT molecular complexity index is 1220. The number of amides is 1. The van der Waals surface area contributed by atoms with Gasteiger partial charge in [-0.1, -0.05) is 76.3 Å². The molecule has 2 heterocycles. The highest BCUT2D eigenvalue weighted by molar-refractivity contribution is 6.66. The topological polar surface area (TPSA) is 77.7 Å². The van der Waals surface area contributed by atoms with Gasteiger partial charge in [0, 0.05) is 38.2 Å². The van der Waals surface area contributed by atoms with E-state index >= 15 is 0 Å². The van der Waals surface area contributed by atoms with Gasteiger partial charge in [-0.25, -0.2) is 9.18 Å². The molecule has 1 aliphatic heterocycles. The molecular formula is C37H57BFN3O3. The highest BCUT2D eigenvalue weighted by atomic mass is 19.1. The minimum Gasteiger partial charge on any atom is -0.489 e. The summed E-state index contributed by atoms with van der Waals surface area (Å²) in [6.45, 7) is 23.6. The number of halogens is 1. The van der Waals surface area contributed by atoms with Crippen LogP contribution in [0.25, 0.3) is 0 Å². The van der Waals surface area contributed by atoms with Crippen molar-refractivity contribution in [1.82, 2.24) is 9.88 Å². The van der Waals surface area contributed by atoms with E-state index in [4.69, 9.17) is 15.2 Å². The lowest BCUT2D eigenvalue weighted by molar-refractivity contribution is 0.0126. The zero-order chi connectivity index (χ0) is 34.0. The van der Waals surface area contributed by atoms with Gasteiger partial charge in [0.1, 0.15) is 23.3 Å². The van der Waals surface area contributed by atoms with E-state index in [-0.39, 0.29) is 24.1 Å². The Morgan fingerprint density at radius 1 is 1.20 bits per heavy atom. The molecule has 1 atom stereocenters. The Hall–Kier alpha value is -3.39. The third-order valence-corrected chi connectivity index (χ3v) is 7.24. The van der Waals surface area contributed by atoms with E-state index in [1.807, 2.05) is 65.8 Å². The van der Waals surface area contributed by atoms with Crippen molar-refractivity contribution in [2.24, 2.45) is 5.73 Å². The van der Waals surface area contributed by atoms with Gasteiger partial charge in [-0.2, -0.15) is 0 Å². The van der Waals surface area contributed by atoms with Crippen molar-refractivity contribution < 1.29 is 18.7 Å². The van der Waals surface area contributed by atoms with Crippen LogP contribution in [0.5, 0.6) is 5.75 Å². The van der Waals surface area contributed by atoms with Gasteiger partial charge in [0.2, 0.25) is 0 Å². The Balaban J connectivity index is 0.000000427. The number of aryl methyl sites for hydroxylation is 1. The quantitative estimate of drug-likeness (QED) is 0.212. The Labute approximate surface area is 273 Å². The molecular weight excluding hydrogens is 564 g/mol. The fourth-order valence-electron chi connectivity index (χ4n) is 4.89. The van der Waals surface area contributed by atoms with Crippen molar-refractivity contribution in [2.75, 3.05) is 13.1 Å². The number of hydrogen-bond donors (Lipinski definition) is 1. The molecule has 0 aliphatic carbocycles. The summed E-state index contributed by atoms with van der Waals surface area (Å²) in [7, 11) is 0. The third-order valence-electron chi connectivity index (χ3n) is 7.24. The average Bonchev–Trinajstić information content (AvgIpc) is 3.00. The second-order valence-corrected chi connectivity index (χ2v) is 12.3. The molecule has 1 amide bonds. The second-order valence-electron chi connectivity index (χ2n) is 12.3. The summed E-state index contributed by atoms with van der Waals surface area (Å²) in [5, 5.41) is 0. The first-order valence-electron chi connectivity index (χ1n) is 16.4. The number of benzene rings is 1. The van der Waals surface area contributed by atoms with Crippen molar-refractivity contribution in [3.63, 3.8) is 0 Å². The van der Waals surface area contributed by atoms with Crippen LogP contribution in [0.4, 0.5) is 9.18 Å². The number of piperidine rings is 1. The molecule has 0 radical (unpaired) electrons. The molecule has 0 spiro atoms. The van der Waals surface area contributed by atoms with Crippen LogP contribution in [-0.2, 0) is 11.2 Å². The fourth-order valence-corrected chi connectivity index (χ4v) is 4.89. The molecule has 1 fully saturated rings. The first-order valence-corrected chi connectivity index (χ1v) is 16.4. The zero-order valence-electron chi connectivity index (χ0n) is 29.2. The summed E-state index contributed by atoms with van der Waals surface area (Å²) >= 11 is 0. The third kappa shape index (κ3) is 16.0. The molecule has 1 saturated heterocycles. The number of carbonyl (C=O) groups excluding carboxylic acids is 1. The van der Waals surface area contributed by atoms with Crippen LogP contribution in [0.1, 0.15) is 78.9 Å². The van der Waals surface area contributed by atoms with Crippen molar-refractivity contribution in [1.29, 1.82) is 0 Å². The standard InChI is InChI=1S/C19H27BFN.C16H24N2O3.C2H6/c1-5-15(6-2)12-17(7-3)20(4)14-19(22)13-16-8-10-18(21)11-9-16;1-12-9-14(11-17-10-12)20-13-5-7-18(8-6-13)15(19)21-16(2,3)4;1-2/h5,7-12,19H,1,6,13-14,22H2,2-4H3;9-11,13H,5-8H2,1-4H3;1-2H3/b15-12+,17-7+;;. The number of nitrogens with zero attached hydrogens (tertiary/aromatic N) is 2. The van der Waals surface area contributed by atoms with E-state index in [0.29, 0.717) is 19.8 Å². The fraction of sp³-hybridized carbons (Fsp3) is 0.514. The van der Waals surface area contributed by atoms with Crippen molar-refractivity contribution in [2.45, 2.75) is 112 Å². The Kier molecular flexibility index (Phi) is 18.2. The van der Waals surface area contributed by atoms with Gasteiger partial charge < -0.3 is 20.1 Å². The monoisotopic (exact) mass is 621 g/mol. The summed E-state index contributed by atoms with van der Waals surface area (Å²) < 4.78 is 24.2. The summed E-state index contributed by atoms with van der Waals surface area (Å²) in [6.07, 6.45) is 14.0. The summed E-state index contributed by atoms with van der Waals surface area (Å²) in [6, 6.07) is 8.64. The van der Waals surface area contributed by atoms with Crippen molar-refractivity contribution in [3.05, 3.63) is 95.5 Å². The summed E-state index contributed by atoms with van der Waals surface area (Å²) in [5.74, 6) is 0.592. The first kappa shape index (κ1) is 39.6. The number of ether oxygens (including phenoxy) is 2. The van der Waals surface area contributed by atoms with E-state index in [1.165, 1.54) is 23.2 Å². The van der Waals surface area contributed by atoms with E-state index < -0.39 is 5.60 Å². The van der Waals surface area contributed by atoms with E-state index in [1.54, 1.807) is 17.3 Å². The van der Waals surface area contributed by atoms with Crippen LogP contribution >= 0.6 is 0 Å². The van der Waals surface area contributed by atoms with Gasteiger partial charge >= 0.3 is 6.09 Å². The van der Waals surface area contributed by atoms with E-state index in [0.717, 1.165) is 48.9 Å². The Morgan fingerprint density at radius 3 is 2.33 bits per heavy atom. The maximum Gasteiger partial charge on any atom is 0.410 e. The minimum absolute atomic E-state index is 0.0672. The van der Waals surface area contributed by atoms with Gasteiger partial charge in [0.25, 0.3) is 0 Å². The lowest BCUT2D eigenvalue weighted by atomic mass is 9.42. The number of allylic oxidation sites excluding steroid dienone is 5. The number of carbonyl (C=O) groups is 1. The van der Waals surface area contributed by atoms with E-state index in [2.05, 4.69) is 44.4 Å². The number of nitrogens with two attached hydrogens (primary N) is 1. The van der Waals surface area contributed by atoms with Gasteiger partial charge in [-0.05, 0) is 82.4 Å². The van der Waals surface area contributed by atoms with Gasteiger partial charge in [-0.15, -0.1) is 0 Å². The molecule has 1 aromatic heterocycles. The van der Waals surface area contributed by atoms with Crippen molar-refractivity contribution >= 4 is 12.8 Å². The van der Waals surface area contributed by atoms with Crippen LogP contribution in [-0.4, -0.2) is 53.5 Å². The molecule has 0 bridgehead atoms. The lowest BCUT2D eigenvalue weighted by Crippen LogP contribution is -2.44. The number of hydrogen-bond acceptors (Lipinski definition) is 5. The van der Waals surface area contributed by atoms with Gasteiger partial charge in [0.15, 0.2) is 6.71 Å². The predicted molar refractivity (Wildman–Crippen MR) is 189 cm³/mol. The number of rotatable bonds is 10. The summed E-state index contributed by atoms with van der Waals surface area (Å²) in [5.41, 5.74) is 10.5. The molecule has 6 nitrogen and oxygen atoms in total. The smallest absolute Gasteiger partial charge is 0.410 e. The van der Waals surface area contributed by atoms with Crippen LogP contribution in [0.3, 0.4) is 0 Å². The Morgan fingerprint density at radius 2 is 1.82 bits per heavy atom. The molecule has 0 saturated carbocycles. The zero-order valence-corrected chi connectivity index (χ0v) is 29.2. The maximum atomic E-state index is 12.9. The molecule has 3 rings (SSSR count). The van der Waals surface area contributed by atoms with Crippen LogP contribution in [0, 0.1) is 12.7 Å². The summed E-state index contributed by atoms with van der Waals surface area (Å²) in [4.78, 5) is 17.8. The van der Waals surface area contributed by atoms with Crippen molar-refractivity contribution in [3.8, 4) is 5.75 Å². The largest absolute Gasteiger partial charge is 0.489 e. The normalized spacial score (nSPS) is 14.7. The molecule has 1 aromatic carbocycles. The van der Waals surface area contributed by atoms with E-state index in [9.17, 15) is 9.18 Å². The molecule has 2 aromatic rings. The van der Waals surface area contributed by atoms with Crippen LogP contribution in [0.2, 0.25) is 13.1 Å². The molecule has 1 unspecified atom stereocenters. The molecule has 45 heavy (non-hydrogen) atoms. The predicted octanol–water partition coefficient (Wildman–Crippen LogP) is 9.02. The lowest BCUT2D eigenvalue weighted by Gasteiger charge is -2.33. The number of pyridine rings is 1. The molecule has 2 N–H and O–H groups in total. The van der Waals surface area contributed by atoms with Gasteiger partial charge in [0.05, 0.1) is 6.20 Å². The molecule has 248 valence electrons. The molecule has 1 aliphatic rings. The number of aromatic nitrogens is 1.